The lowest BCUT2D eigenvalue weighted by Crippen LogP contribution is -2.45. The number of hydrogen-bond donors (Lipinski definition) is 2. The third kappa shape index (κ3) is 4.65. The van der Waals surface area contributed by atoms with Crippen molar-refractivity contribution in [2.45, 2.75) is 32.9 Å². The van der Waals surface area contributed by atoms with Crippen LogP contribution in [-0.2, 0) is 11.8 Å². The molecular formula is C13H25N5O. The Bertz CT molecular complexity index is 399. The average Bonchev–Trinajstić information content (AvgIpc) is 2.81. The first-order chi connectivity index (χ1) is 8.97. The largest absolute Gasteiger partial charge is 0.351 e. The molecule has 19 heavy (non-hydrogen) atoms. The first-order valence-electron chi connectivity index (χ1n) is 6.74. The summed E-state index contributed by atoms with van der Waals surface area (Å²) < 4.78 is 1.64. The summed E-state index contributed by atoms with van der Waals surface area (Å²) >= 11 is 0. The van der Waals surface area contributed by atoms with Crippen LogP contribution in [-0.4, -0.2) is 46.3 Å². The molecule has 0 saturated carbocycles. The van der Waals surface area contributed by atoms with Crippen LogP contribution >= 0.6 is 0 Å². The molecule has 1 amide bonds. The topological polar surface area (TPSA) is 76.2 Å². The Labute approximate surface area is 114 Å². The molecule has 0 spiro atoms. The van der Waals surface area contributed by atoms with Crippen molar-refractivity contribution in [2.24, 2.45) is 12.8 Å². The highest BCUT2D eigenvalue weighted by Crippen LogP contribution is 2.08. The summed E-state index contributed by atoms with van der Waals surface area (Å²) in [6.45, 7) is 9.00. The van der Waals surface area contributed by atoms with Crippen LogP contribution in [0.15, 0.2) is 12.4 Å². The summed E-state index contributed by atoms with van der Waals surface area (Å²) in [6.07, 6.45) is 3.39. The number of aryl methyl sites for hydroxylation is 1. The van der Waals surface area contributed by atoms with E-state index in [1.807, 2.05) is 6.92 Å². The van der Waals surface area contributed by atoms with Gasteiger partial charge < -0.3 is 16.0 Å². The van der Waals surface area contributed by atoms with Crippen LogP contribution in [0, 0.1) is 0 Å². The number of hydrogen-bond acceptors (Lipinski definition) is 4. The Morgan fingerprint density at radius 1 is 1.53 bits per heavy atom. The number of carbonyl (C=O) groups is 1. The molecule has 0 aliphatic carbocycles. The molecule has 6 nitrogen and oxygen atoms in total. The monoisotopic (exact) mass is 267 g/mol. The molecule has 1 aromatic heterocycles. The number of amides is 1. The molecule has 3 N–H and O–H groups in total. The molecule has 1 rings (SSSR count). The standard InChI is InChI=1S/C13H25N5O/c1-5-18(6-2)8-10(3)16-13(19)12(14)11-7-15-17(4)9-11/h7,9-10,12H,5-6,8,14H2,1-4H3,(H,16,19). The normalized spacial score (nSPS) is 14.4. The second-order valence-corrected chi connectivity index (χ2v) is 4.82. The molecule has 6 heteroatoms. The molecule has 0 aliphatic heterocycles. The lowest BCUT2D eigenvalue weighted by Gasteiger charge is -2.24. The van der Waals surface area contributed by atoms with Crippen molar-refractivity contribution in [3.8, 4) is 0 Å². The van der Waals surface area contributed by atoms with Gasteiger partial charge in [-0.15, -0.1) is 0 Å². The van der Waals surface area contributed by atoms with E-state index in [4.69, 9.17) is 5.73 Å². The van der Waals surface area contributed by atoms with Crippen LogP contribution in [0.25, 0.3) is 0 Å². The molecule has 0 fully saturated rings. The number of rotatable bonds is 7. The lowest BCUT2D eigenvalue weighted by atomic mass is 10.1. The summed E-state index contributed by atoms with van der Waals surface area (Å²) in [6, 6.07) is -0.581. The number of aromatic nitrogens is 2. The van der Waals surface area contributed by atoms with E-state index in [0.717, 1.165) is 25.2 Å². The molecule has 0 saturated heterocycles. The van der Waals surface area contributed by atoms with Crippen molar-refractivity contribution in [3.05, 3.63) is 18.0 Å². The van der Waals surface area contributed by atoms with Gasteiger partial charge in [-0.05, 0) is 20.0 Å². The SMILES string of the molecule is CCN(CC)CC(C)NC(=O)C(N)c1cnn(C)c1. The summed E-state index contributed by atoms with van der Waals surface area (Å²) in [5.74, 6) is -0.160. The number of nitrogens with two attached hydrogens (primary N) is 1. The maximum Gasteiger partial charge on any atom is 0.241 e. The smallest absolute Gasteiger partial charge is 0.241 e. The van der Waals surface area contributed by atoms with E-state index in [0.29, 0.717) is 0 Å². The average molecular weight is 267 g/mol. The number of nitrogens with zero attached hydrogens (tertiary/aromatic N) is 3. The predicted octanol–water partition coefficient (Wildman–Crippen LogP) is 0.266. The van der Waals surface area contributed by atoms with Gasteiger partial charge in [0.15, 0.2) is 0 Å². The first-order valence-corrected chi connectivity index (χ1v) is 6.74. The van der Waals surface area contributed by atoms with Gasteiger partial charge in [-0.25, -0.2) is 0 Å². The van der Waals surface area contributed by atoms with Gasteiger partial charge in [0.25, 0.3) is 0 Å². The summed E-state index contributed by atoms with van der Waals surface area (Å²) in [4.78, 5) is 14.3. The van der Waals surface area contributed by atoms with Crippen molar-refractivity contribution in [3.63, 3.8) is 0 Å². The van der Waals surface area contributed by atoms with Gasteiger partial charge in [-0.1, -0.05) is 13.8 Å². The highest BCUT2D eigenvalue weighted by Gasteiger charge is 2.19. The van der Waals surface area contributed by atoms with E-state index < -0.39 is 6.04 Å². The van der Waals surface area contributed by atoms with E-state index in [2.05, 4.69) is 29.2 Å². The molecule has 1 heterocycles. The van der Waals surface area contributed by atoms with E-state index in [1.54, 1.807) is 24.1 Å². The summed E-state index contributed by atoms with van der Waals surface area (Å²) in [7, 11) is 1.80. The maximum atomic E-state index is 12.0. The zero-order chi connectivity index (χ0) is 14.4. The van der Waals surface area contributed by atoms with Gasteiger partial charge in [0, 0.05) is 31.4 Å². The second kappa shape index (κ2) is 7.25. The van der Waals surface area contributed by atoms with Crippen LogP contribution < -0.4 is 11.1 Å². The maximum absolute atomic E-state index is 12.0. The second-order valence-electron chi connectivity index (χ2n) is 4.82. The Balaban J connectivity index is 2.50. The Kier molecular flexibility index (Phi) is 5.98. The van der Waals surface area contributed by atoms with E-state index in [-0.39, 0.29) is 11.9 Å². The van der Waals surface area contributed by atoms with Crippen LogP contribution in [0.3, 0.4) is 0 Å². The van der Waals surface area contributed by atoms with Crippen molar-refractivity contribution >= 4 is 5.91 Å². The van der Waals surface area contributed by atoms with Crippen molar-refractivity contribution in [2.75, 3.05) is 19.6 Å². The molecule has 0 radical (unpaired) electrons. The Morgan fingerprint density at radius 3 is 2.63 bits per heavy atom. The molecule has 1 aromatic rings. The van der Waals surface area contributed by atoms with Gasteiger partial charge in [0.2, 0.25) is 5.91 Å². The van der Waals surface area contributed by atoms with Crippen LogP contribution in [0.4, 0.5) is 0 Å². The van der Waals surface area contributed by atoms with Crippen LogP contribution in [0.1, 0.15) is 32.4 Å². The predicted molar refractivity (Wildman–Crippen MR) is 75.5 cm³/mol. The molecule has 2 unspecified atom stereocenters. The first kappa shape index (κ1) is 15.7. The Hall–Kier alpha value is -1.40. The minimum atomic E-state index is -0.659. The number of nitrogens with one attached hydrogen (secondary N) is 1. The molecule has 2 atom stereocenters. The minimum Gasteiger partial charge on any atom is -0.351 e. The van der Waals surface area contributed by atoms with Gasteiger partial charge in [-0.3, -0.25) is 9.48 Å². The van der Waals surface area contributed by atoms with Gasteiger partial charge in [-0.2, -0.15) is 5.10 Å². The third-order valence-corrected chi connectivity index (χ3v) is 3.18. The van der Waals surface area contributed by atoms with E-state index >= 15 is 0 Å². The Morgan fingerprint density at radius 2 is 2.16 bits per heavy atom. The molecular weight excluding hydrogens is 242 g/mol. The summed E-state index contributed by atoms with van der Waals surface area (Å²) in [5.41, 5.74) is 6.65. The number of carbonyl (C=O) groups excluding carboxylic acids is 1. The van der Waals surface area contributed by atoms with Crippen molar-refractivity contribution in [1.82, 2.24) is 20.0 Å². The van der Waals surface area contributed by atoms with Crippen molar-refractivity contribution < 1.29 is 4.79 Å². The van der Waals surface area contributed by atoms with Crippen LogP contribution in [0.5, 0.6) is 0 Å². The molecule has 0 aromatic carbocycles. The van der Waals surface area contributed by atoms with E-state index in [9.17, 15) is 4.79 Å². The molecule has 0 bridgehead atoms. The fourth-order valence-corrected chi connectivity index (χ4v) is 2.00. The highest BCUT2D eigenvalue weighted by atomic mass is 16.2. The minimum absolute atomic E-state index is 0.0788. The number of likely N-dealkylation sites (N-methyl/N-ethyl adjacent to an activating group) is 1. The van der Waals surface area contributed by atoms with Gasteiger partial charge in [0.1, 0.15) is 6.04 Å². The lowest BCUT2D eigenvalue weighted by molar-refractivity contribution is -0.123. The van der Waals surface area contributed by atoms with Crippen molar-refractivity contribution in [1.29, 1.82) is 0 Å². The van der Waals surface area contributed by atoms with Crippen LogP contribution in [0.2, 0.25) is 0 Å². The molecule has 0 aliphatic rings. The third-order valence-electron chi connectivity index (χ3n) is 3.18. The molecule has 108 valence electrons. The zero-order valence-electron chi connectivity index (χ0n) is 12.3. The summed E-state index contributed by atoms with van der Waals surface area (Å²) in [5, 5.41) is 6.97. The fourth-order valence-electron chi connectivity index (χ4n) is 2.00. The van der Waals surface area contributed by atoms with Gasteiger partial charge in [0.05, 0.1) is 6.20 Å². The zero-order valence-corrected chi connectivity index (χ0v) is 12.3. The fraction of sp³-hybridized carbons (Fsp3) is 0.692. The highest BCUT2D eigenvalue weighted by molar-refractivity contribution is 5.83. The van der Waals surface area contributed by atoms with E-state index in [1.165, 1.54) is 0 Å². The van der Waals surface area contributed by atoms with Gasteiger partial charge >= 0.3 is 0 Å². The quantitative estimate of drug-likeness (QED) is 0.743.